The number of ketones is 1. The summed E-state index contributed by atoms with van der Waals surface area (Å²) < 4.78 is 0. The molecule has 70 valence electrons. The minimum atomic E-state index is -0.543. The molecule has 0 heterocycles. The highest BCUT2D eigenvalue weighted by Crippen LogP contribution is 2.12. The predicted octanol–water partition coefficient (Wildman–Crippen LogP) is 1.69. The van der Waals surface area contributed by atoms with E-state index < -0.39 is 4.92 Å². The minimum absolute atomic E-state index is 0.0708. The Hall–Kier alpha value is -2.22. The first-order valence-electron chi connectivity index (χ1n) is 3.79. The molecule has 0 atom stereocenters. The Balaban J connectivity index is 2.89. The second-order valence-corrected chi connectivity index (χ2v) is 2.56. The molecule has 0 unspecified atom stereocenters. The van der Waals surface area contributed by atoms with Crippen molar-refractivity contribution in [3.05, 3.63) is 39.9 Å². The van der Waals surface area contributed by atoms with Crippen molar-refractivity contribution in [3.8, 4) is 6.07 Å². The molecule has 0 spiro atoms. The first kappa shape index (κ1) is 9.86. The average Bonchev–Trinajstić information content (AvgIpc) is 2.18. The molecule has 0 saturated heterocycles. The fraction of sp³-hybridized carbons (Fsp3) is 0.111. The van der Waals surface area contributed by atoms with Crippen LogP contribution < -0.4 is 0 Å². The highest BCUT2D eigenvalue weighted by molar-refractivity contribution is 5.97. The maximum Gasteiger partial charge on any atom is 0.269 e. The smallest absolute Gasteiger partial charge is 0.269 e. The van der Waals surface area contributed by atoms with Crippen LogP contribution in [0.25, 0.3) is 0 Å². The van der Waals surface area contributed by atoms with Crippen LogP contribution in [0.5, 0.6) is 0 Å². The number of nitriles is 1. The Labute approximate surface area is 79.7 Å². The first-order valence-corrected chi connectivity index (χ1v) is 3.79. The lowest BCUT2D eigenvalue weighted by molar-refractivity contribution is -0.384. The van der Waals surface area contributed by atoms with E-state index in [9.17, 15) is 14.9 Å². The molecule has 0 aliphatic carbocycles. The van der Waals surface area contributed by atoms with Crippen molar-refractivity contribution in [1.82, 2.24) is 0 Å². The SMILES string of the molecule is N#CCC(=O)c1ccc([N+](=O)[O-])cc1. The number of hydrogen-bond donors (Lipinski definition) is 0. The minimum Gasteiger partial charge on any atom is -0.293 e. The molecular weight excluding hydrogens is 184 g/mol. The maximum absolute atomic E-state index is 11.1. The van der Waals surface area contributed by atoms with Crippen molar-refractivity contribution in [3.63, 3.8) is 0 Å². The molecule has 0 radical (unpaired) electrons. The molecule has 0 N–H and O–H groups in total. The third-order valence-electron chi connectivity index (χ3n) is 1.64. The van der Waals surface area contributed by atoms with Gasteiger partial charge in [0.2, 0.25) is 0 Å². The molecule has 0 saturated carbocycles. The van der Waals surface area contributed by atoms with E-state index in [2.05, 4.69) is 0 Å². The highest BCUT2D eigenvalue weighted by Gasteiger charge is 2.08. The zero-order valence-electron chi connectivity index (χ0n) is 7.14. The molecule has 0 aromatic heterocycles. The van der Waals surface area contributed by atoms with Gasteiger partial charge in [0.1, 0.15) is 0 Å². The monoisotopic (exact) mass is 190 g/mol. The molecule has 0 aliphatic heterocycles. The number of carbonyl (C=O) groups excluding carboxylic acids is 1. The second-order valence-electron chi connectivity index (χ2n) is 2.56. The van der Waals surface area contributed by atoms with Gasteiger partial charge in [0.15, 0.2) is 5.78 Å². The number of nitrogens with zero attached hydrogens (tertiary/aromatic N) is 2. The number of Topliss-reactive ketones (excluding diaryl/α,β-unsaturated/α-hetero) is 1. The van der Waals surface area contributed by atoms with Gasteiger partial charge in [-0.3, -0.25) is 14.9 Å². The number of benzene rings is 1. The summed E-state index contributed by atoms with van der Waals surface area (Å²) in [6.07, 6.45) is -0.211. The van der Waals surface area contributed by atoms with Crippen LogP contribution in [0, 0.1) is 21.4 Å². The fourth-order valence-electron chi connectivity index (χ4n) is 0.943. The Morgan fingerprint density at radius 2 is 2.00 bits per heavy atom. The van der Waals surface area contributed by atoms with Gasteiger partial charge < -0.3 is 0 Å². The summed E-state index contributed by atoms with van der Waals surface area (Å²) in [6, 6.07) is 6.89. The molecule has 1 aromatic rings. The summed E-state index contributed by atoms with van der Waals surface area (Å²) in [7, 11) is 0. The Morgan fingerprint density at radius 3 is 2.43 bits per heavy atom. The Morgan fingerprint density at radius 1 is 1.43 bits per heavy atom. The van der Waals surface area contributed by atoms with Gasteiger partial charge in [0.05, 0.1) is 17.4 Å². The number of nitro benzene ring substituents is 1. The molecule has 0 bridgehead atoms. The van der Waals surface area contributed by atoms with Gasteiger partial charge in [-0.05, 0) is 12.1 Å². The molecular formula is C9H6N2O3. The molecule has 1 aromatic carbocycles. The largest absolute Gasteiger partial charge is 0.293 e. The van der Waals surface area contributed by atoms with Gasteiger partial charge in [-0.15, -0.1) is 0 Å². The van der Waals surface area contributed by atoms with Crippen molar-refractivity contribution >= 4 is 11.5 Å². The van der Waals surface area contributed by atoms with E-state index >= 15 is 0 Å². The topological polar surface area (TPSA) is 84.0 Å². The first-order chi connectivity index (χ1) is 6.65. The van der Waals surface area contributed by atoms with E-state index in [1.807, 2.05) is 0 Å². The molecule has 0 amide bonds. The van der Waals surface area contributed by atoms with Crippen molar-refractivity contribution in [2.24, 2.45) is 0 Å². The summed E-state index contributed by atoms with van der Waals surface area (Å²) in [6.45, 7) is 0. The maximum atomic E-state index is 11.1. The van der Waals surface area contributed by atoms with Gasteiger partial charge in [0.25, 0.3) is 5.69 Å². The average molecular weight is 190 g/mol. The van der Waals surface area contributed by atoms with Gasteiger partial charge >= 0.3 is 0 Å². The van der Waals surface area contributed by atoms with Crippen LogP contribution in [0.2, 0.25) is 0 Å². The zero-order valence-corrected chi connectivity index (χ0v) is 7.14. The van der Waals surface area contributed by atoms with Crippen LogP contribution in [-0.2, 0) is 0 Å². The van der Waals surface area contributed by atoms with Crippen molar-refractivity contribution in [1.29, 1.82) is 5.26 Å². The van der Waals surface area contributed by atoms with Crippen LogP contribution >= 0.6 is 0 Å². The Kier molecular flexibility index (Phi) is 2.92. The van der Waals surface area contributed by atoms with E-state index in [1.165, 1.54) is 24.3 Å². The number of rotatable bonds is 3. The quantitative estimate of drug-likeness (QED) is 0.412. The molecule has 0 aliphatic rings. The van der Waals surface area contributed by atoms with Gasteiger partial charge in [0, 0.05) is 17.7 Å². The molecule has 14 heavy (non-hydrogen) atoms. The summed E-state index contributed by atoms with van der Waals surface area (Å²) in [5.41, 5.74) is 0.246. The summed E-state index contributed by atoms with van der Waals surface area (Å²) in [5, 5.41) is 18.5. The second kappa shape index (κ2) is 4.14. The molecule has 5 heteroatoms. The van der Waals surface area contributed by atoms with Gasteiger partial charge in [-0.25, -0.2) is 0 Å². The van der Waals surface area contributed by atoms with Crippen LogP contribution in [0.3, 0.4) is 0 Å². The van der Waals surface area contributed by atoms with Crippen LogP contribution in [0.4, 0.5) is 5.69 Å². The van der Waals surface area contributed by atoms with Crippen LogP contribution in [0.1, 0.15) is 16.8 Å². The Bertz CT molecular complexity index is 403. The van der Waals surface area contributed by atoms with E-state index in [-0.39, 0.29) is 17.9 Å². The zero-order chi connectivity index (χ0) is 10.6. The van der Waals surface area contributed by atoms with Crippen LogP contribution in [-0.4, -0.2) is 10.7 Å². The number of hydrogen-bond acceptors (Lipinski definition) is 4. The number of nitro groups is 1. The highest BCUT2D eigenvalue weighted by atomic mass is 16.6. The van der Waals surface area contributed by atoms with E-state index in [4.69, 9.17) is 5.26 Å². The normalized spacial score (nSPS) is 9.07. The fourth-order valence-corrected chi connectivity index (χ4v) is 0.943. The standard InChI is InChI=1S/C9H6N2O3/c10-6-5-9(12)7-1-3-8(4-2-7)11(13)14/h1-4H,5H2. The summed E-state index contributed by atoms with van der Waals surface area (Å²) >= 11 is 0. The van der Waals surface area contributed by atoms with Crippen LogP contribution in [0.15, 0.2) is 24.3 Å². The number of non-ortho nitro benzene ring substituents is 1. The summed E-state index contributed by atoms with van der Waals surface area (Å²) in [4.78, 5) is 20.9. The van der Waals surface area contributed by atoms with Crippen molar-refractivity contribution < 1.29 is 9.72 Å². The van der Waals surface area contributed by atoms with Crippen molar-refractivity contribution in [2.45, 2.75) is 6.42 Å². The third-order valence-corrected chi connectivity index (χ3v) is 1.64. The molecule has 1 rings (SSSR count). The lowest BCUT2D eigenvalue weighted by atomic mass is 10.1. The van der Waals surface area contributed by atoms with Crippen molar-refractivity contribution in [2.75, 3.05) is 0 Å². The number of carbonyl (C=O) groups is 1. The summed E-state index contributed by atoms with van der Waals surface area (Å²) in [5.74, 6) is -0.331. The van der Waals surface area contributed by atoms with E-state index in [0.717, 1.165) is 0 Å². The van der Waals surface area contributed by atoms with Gasteiger partial charge in [-0.2, -0.15) is 5.26 Å². The predicted molar refractivity (Wildman–Crippen MR) is 47.7 cm³/mol. The van der Waals surface area contributed by atoms with E-state index in [0.29, 0.717) is 5.56 Å². The lowest BCUT2D eigenvalue weighted by Crippen LogP contribution is -1.97. The van der Waals surface area contributed by atoms with E-state index in [1.54, 1.807) is 6.07 Å². The molecule has 0 fully saturated rings. The lowest BCUT2D eigenvalue weighted by Gasteiger charge is -1.95. The molecule has 5 nitrogen and oxygen atoms in total. The third kappa shape index (κ3) is 2.14. The van der Waals surface area contributed by atoms with Gasteiger partial charge in [-0.1, -0.05) is 0 Å².